The second-order valence-corrected chi connectivity index (χ2v) is 4.64. The summed E-state index contributed by atoms with van der Waals surface area (Å²) in [5, 5.41) is 8.75. The second-order valence-electron chi connectivity index (χ2n) is 4.64. The Balaban J connectivity index is 2.58. The summed E-state index contributed by atoms with van der Waals surface area (Å²) >= 11 is 0. The van der Waals surface area contributed by atoms with Gasteiger partial charge in [-0.05, 0) is 39.0 Å². The summed E-state index contributed by atoms with van der Waals surface area (Å²) in [6, 6.07) is 0. The molecule has 1 fully saturated rings. The molecule has 0 aromatic rings. The molecule has 1 heterocycles. The van der Waals surface area contributed by atoms with E-state index in [1.807, 2.05) is 6.92 Å². The van der Waals surface area contributed by atoms with Crippen LogP contribution in [0.1, 0.15) is 46.5 Å². The fourth-order valence-electron chi connectivity index (χ4n) is 2.38. The Kier molecular flexibility index (Phi) is 3.53. The molecule has 1 saturated heterocycles. The smallest absolute Gasteiger partial charge is 0.303 e. The van der Waals surface area contributed by atoms with Crippen molar-refractivity contribution in [3.63, 3.8) is 0 Å². The topological polar surface area (TPSA) is 46.5 Å². The fraction of sp³-hybridized carbons (Fsp3) is 0.909. The van der Waals surface area contributed by atoms with Crippen molar-refractivity contribution in [1.29, 1.82) is 0 Å². The van der Waals surface area contributed by atoms with Gasteiger partial charge in [-0.25, -0.2) is 0 Å². The first-order valence-corrected chi connectivity index (χ1v) is 5.35. The molecular formula is C11H20O3. The molecule has 82 valence electrons. The zero-order chi connectivity index (χ0) is 10.8. The third-order valence-corrected chi connectivity index (χ3v) is 3.08. The first-order chi connectivity index (χ1) is 6.45. The van der Waals surface area contributed by atoms with Gasteiger partial charge in [0, 0.05) is 6.42 Å². The van der Waals surface area contributed by atoms with Gasteiger partial charge < -0.3 is 9.84 Å². The highest BCUT2D eigenvalue weighted by atomic mass is 16.5. The number of hydrogen-bond acceptors (Lipinski definition) is 2. The van der Waals surface area contributed by atoms with Crippen LogP contribution < -0.4 is 0 Å². The Bertz CT molecular complexity index is 215. The number of rotatable bonds is 3. The van der Waals surface area contributed by atoms with Crippen molar-refractivity contribution < 1.29 is 14.6 Å². The van der Waals surface area contributed by atoms with Crippen molar-refractivity contribution in [3.05, 3.63) is 0 Å². The number of hydrogen-bond donors (Lipinski definition) is 1. The minimum absolute atomic E-state index is 0.113. The van der Waals surface area contributed by atoms with Gasteiger partial charge in [0.15, 0.2) is 0 Å². The Morgan fingerprint density at radius 2 is 2.29 bits per heavy atom. The van der Waals surface area contributed by atoms with Crippen molar-refractivity contribution >= 4 is 5.97 Å². The van der Waals surface area contributed by atoms with Gasteiger partial charge >= 0.3 is 5.97 Å². The molecule has 1 aliphatic heterocycles. The van der Waals surface area contributed by atoms with Crippen LogP contribution in [0.4, 0.5) is 0 Å². The van der Waals surface area contributed by atoms with Crippen LogP contribution in [0.2, 0.25) is 0 Å². The molecule has 0 saturated carbocycles. The molecule has 0 aliphatic carbocycles. The van der Waals surface area contributed by atoms with Gasteiger partial charge in [-0.2, -0.15) is 0 Å². The normalized spacial score (nSPS) is 38.2. The highest BCUT2D eigenvalue weighted by Crippen LogP contribution is 2.36. The van der Waals surface area contributed by atoms with Gasteiger partial charge in [-0.1, -0.05) is 6.92 Å². The molecule has 0 spiro atoms. The van der Waals surface area contributed by atoms with Gasteiger partial charge in [0.25, 0.3) is 0 Å². The van der Waals surface area contributed by atoms with Crippen molar-refractivity contribution in [2.45, 2.75) is 58.2 Å². The maximum atomic E-state index is 10.6. The molecule has 0 aromatic carbocycles. The van der Waals surface area contributed by atoms with Crippen LogP contribution in [-0.2, 0) is 9.53 Å². The molecule has 1 aliphatic rings. The van der Waals surface area contributed by atoms with E-state index in [0.29, 0.717) is 0 Å². The molecule has 14 heavy (non-hydrogen) atoms. The van der Waals surface area contributed by atoms with Crippen LogP contribution in [0, 0.1) is 5.92 Å². The molecule has 3 nitrogen and oxygen atoms in total. The summed E-state index contributed by atoms with van der Waals surface area (Å²) in [7, 11) is 0. The maximum absolute atomic E-state index is 10.6. The number of carbonyl (C=O) groups is 1. The van der Waals surface area contributed by atoms with E-state index in [9.17, 15) is 4.79 Å². The largest absolute Gasteiger partial charge is 0.481 e. The molecule has 0 bridgehead atoms. The molecule has 0 radical (unpaired) electrons. The van der Waals surface area contributed by atoms with Gasteiger partial charge in [0.2, 0.25) is 0 Å². The first kappa shape index (κ1) is 11.5. The molecule has 3 heteroatoms. The van der Waals surface area contributed by atoms with Crippen LogP contribution in [-0.4, -0.2) is 22.8 Å². The zero-order valence-electron chi connectivity index (χ0n) is 9.25. The van der Waals surface area contributed by atoms with Gasteiger partial charge in [-0.3, -0.25) is 4.79 Å². The lowest BCUT2D eigenvalue weighted by molar-refractivity contribution is -0.148. The summed E-state index contributed by atoms with van der Waals surface area (Å²) in [5.41, 5.74) is -0.113. The maximum Gasteiger partial charge on any atom is 0.303 e. The summed E-state index contributed by atoms with van der Waals surface area (Å²) in [6.45, 7) is 6.20. The molecule has 0 amide bonds. The Morgan fingerprint density at radius 1 is 1.64 bits per heavy atom. The predicted octanol–water partition coefficient (Wildman–Crippen LogP) is 2.44. The fourth-order valence-corrected chi connectivity index (χ4v) is 2.38. The van der Waals surface area contributed by atoms with Gasteiger partial charge in [0.1, 0.15) is 0 Å². The molecule has 1 rings (SSSR count). The standard InChI is InChI=1S/C11H20O3/c1-4-11(3)7-9(6-10(12)13)5-8(2)14-11/h8-9H,4-7H2,1-3H3,(H,12,13). The summed E-state index contributed by atoms with van der Waals surface area (Å²) in [6.07, 6.45) is 3.18. The third-order valence-electron chi connectivity index (χ3n) is 3.08. The van der Waals surface area contributed by atoms with Crippen molar-refractivity contribution in [1.82, 2.24) is 0 Å². The lowest BCUT2D eigenvalue weighted by Crippen LogP contribution is -2.40. The van der Waals surface area contributed by atoms with Crippen LogP contribution in [0.15, 0.2) is 0 Å². The number of carboxylic acid groups (broad SMARTS) is 1. The monoisotopic (exact) mass is 200 g/mol. The Hall–Kier alpha value is -0.570. The van der Waals surface area contributed by atoms with Crippen LogP contribution in [0.5, 0.6) is 0 Å². The summed E-state index contributed by atoms with van der Waals surface area (Å²) < 4.78 is 5.84. The van der Waals surface area contributed by atoms with Crippen molar-refractivity contribution in [2.75, 3.05) is 0 Å². The Morgan fingerprint density at radius 3 is 2.79 bits per heavy atom. The van der Waals surface area contributed by atoms with E-state index < -0.39 is 5.97 Å². The van der Waals surface area contributed by atoms with Crippen molar-refractivity contribution in [2.24, 2.45) is 5.92 Å². The summed E-state index contributed by atoms with van der Waals surface area (Å²) in [4.78, 5) is 10.6. The summed E-state index contributed by atoms with van der Waals surface area (Å²) in [5.74, 6) is -0.413. The molecular weight excluding hydrogens is 180 g/mol. The van der Waals surface area contributed by atoms with Crippen LogP contribution in [0.25, 0.3) is 0 Å². The number of carboxylic acids is 1. The predicted molar refractivity (Wildman–Crippen MR) is 54.2 cm³/mol. The van der Waals surface area contributed by atoms with Gasteiger partial charge in [0.05, 0.1) is 11.7 Å². The molecule has 1 N–H and O–H groups in total. The van der Waals surface area contributed by atoms with E-state index >= 15 is 0 Å². The number of aliphatic carboxylic acids is 1. The quantitative estimate of drug-likeness (QED) is 0.761. The molecule has 3 atom stereocenters. The lowest BCUT2D eigenvalue weighted by atomic mass is 9.81. The third kappa shape index (κ3) is 2.98. The lowest BCUT2D eigenvalue weighted by Gasteiger charge is -2.41. The minimum atomic E-state index is -0.692. The van der Waals surface area contributed by atoms with E-state index in [1.54, 1.807) is 0 Å². The van der Waals surface area contributed by atoms with E-state index in [0.717, 1.165) is 19.3 Å². The van der Waals surface area contributed by atoms with E-state index in [1.165, 1.54) is 0 Å². The number of ether oxygens (including phenoxy) is 1. The minimum Gasteiger partial charge on any atom is -0.481 e. The van der Waals surface area contributed by atoms with Crippen molar-refractivity contribution in [3.8, 4) is 0 Å². The zero-order valence-corrected chi connectivity index (χ0v) is 9.25. The van der Waals surface area contributed by atoms with Gasteiger partial charge in [-0.15, -0.1) is 0 Å². The van der Waals surface area contributed by atoms with Crippen LogP contribution in [0.3, 0.4) is 0 Å². The average Bonchev–Trinajstić information content (AvgIpc) is 2.01. The van der Waals surface area contributed by atoms with Crippen LogP contribution >= 0.6 is 0 Å². The van der Waals surface area contributed by atoms with E-state index in [-0.39, 0.29) is 24.0 Å². The first-order valence-electron chi connectivity index (χ1n) is 5.35. The Labute approximate surface area is 85.5 Å². The second kappa shape index (κ2) is 4.30. The van der Waals surface area contributed by atoms with E-state index in [4.69, 9.17) is 9.84 Å². The average molecular weight is 200 g/mol. The molecule has 3 unspecified atom stereocenters. The van der Waals surface area contributed by atoms with E-state index in [2.05, 4.69) is 13.8 Å². The highest BCUT2D eigenvalue weighted by Gasteiger charge is 2.35. The molecule has 0 aromatic heterocycles. The SMILES string of the molecule is CCC1(C)CC(CC(=O)O)CC(C)O1. The highest BCUT2D eigenvalue weighted by molar-refractivity contribution is 5.67.